The van der Waals surface area contributed by atoms with E-state index in [1.807, 2.05) is 6.07 Å². The van der Waals surface area contributed by atoms with Crippen molar-refractivity contribution in [1.29, 1.82) is 0 Å². The molecule has 0 aliphatic rings. The van der Waals surface area contributed by atoms with Gasteiger partial charge < -0.3 is 10.1 Å². The van der Waals surface area contributed by atoms with Crippen LogP contribution in [0, 0.1) is 0 Å². The van der Waals surface area contributed by atoms with E-state index in [1.54, 1.807) is 60.7 Å². The Morgan fingerprint density at radius 3 is 2.30 bits per heavy atom. The molecule has 0 bridgehead atoms. The van der Waals surface area contributed by atoms with E-state index in [2.05, 4.69) is 15.6 Å². The smallest absolute Gasteiger partial charge is 0.257 e. The zero-order chi connectivity index (χ0) is 21.1. The maximum Gasteiger partial charge on any atom is 0.257 e. The number of benzene rings is 3. The summed E-state index contributed by atoms with van der Waals surface area (Å²) in [5, 5.41) is 6.66. The summed E-state index contributed by atoms with van der Waals surface area (Å²) in [7, 11) is 1.53. The van der Waals surface area contributed by atoms with Gasteiger partial charge >= 0.3 is 0 Å². The molecule has 1 aromatic heterocycles. The quantitative estimate of drug-likeness (QED) is 0.434. The first kappa shape index (κ1) is 19.9. The molecule has 150 valence electrons. The molecule has 0 aliphatic heterocycles. The minimum atomic E-state index is -0.268. The number of methoxy groups -OCH3 is 1. The molecule has 0 atom stereocenters. The number of nitrogens with one attached hydrogen (secondary N) is 2. The Labute approximate surface area is 181 Å². The highest BCUT2D eigenvalue weighted by Gasteiger charge is 2.15. The molecule has 0 spiro atoms. The van der Waals surface area contributed by atoms with Crippen molar-refractivity contribution < 1.29 is 14.3 Å². The zero-order valence-corrected chi connectivity index (χ0v) is 17.4. The fraction of sp³-hybridized carbons (Fsp3) is 0.0455. The average molecular weight is 438 g/mol. The van der Waals surface area contributed by atoms with Crippen LogP contribution >= 0.6 is 22.9 Å². The van der Waals surface area contributed by atoms with Crippen LogP contribution in [-0.4, -0.2) is 23.9 Å². The fourth-order valence-corrected chi connectivity index (χ4v) is 3.89. The lowest BCUT2D eigenvalue weighted by Gasteiger charge is -2.08. The van der Waals surface area contributed by atoms with E-state index in [9.17, 15) is 9.59 Å². The Kier molecular flexibility index (Phi) is 5.65. The van der Waals surface area contributed by atoms with E-state index in [1.165, 1.54) is 18.4 Å². The average Bonchev–Trinajstić information content (AvgIpc) is 3.16. The van der Waals surface area contributed by atoms with Crippen molar-refractivity contribution in [2.75, 3.05) is 17.7 Å². The lowest BCUT2D eigenvalue weighted by molar-refractivity contribution is 0.101. The van der Waals surface area contributed by atoms with Gasteiger partial charge in [0.2, 0.25) is 0 Å². The number of fused-ring (bicyclic) bond motifs is 1. The predicted octanol–water partition coefficient (Wildman–Crippen LogP) is 5.46. The molecular formula is C22H16ClN3O3S. The van der Waals surface area contributed by atoms with Gasteiger partial charge in [-0.1, -0.05) is 41.1 Å². The summed E-state index contributed by atoms with van der Waals surface area (Å²) in [4.78, 5) is 29.4. The molecule has 30 heavy (non-hydrogen) atoms. The van der Waals surface area contributed by atoms with Crippen molar-refractivity contribution in [2.45, 2.75) is 0 Å². The first-order chi connectivity index (χ1) is 14.5. The number of thiazole rings is 1. The van der Waals surface area contributed by atoms with Crippen LogP contribution in [0.15, 0.2) is 66.7 Å². The molecule has 2 amide bonds. The maximum atomic E-state index is 12.5. The maximum absolute atomic E-state index is 12.5. The standard InChI is InChI=1S/C22H16ClN3O3S/c1-29-17-11-16(24-20(27)14-7-9-15(23)10-8-14)12-18-19(17)25-22(30-18)26-21(28)13-5-3-2-4-6-13/h2-12H,1H3,(H,24,27)(H,25,26,28). The van der Waals surface area contributed by atoms with Crippen molar-refractivity contribution in [1.82, 2.24) is 4.98 Å². The number of hydrogen-bond donors (Lipinski definition) is 2. The third kappa shape index (κ3) is 4.27. The molecule has 4 rings (SSSR count). The van der Waals surface area contributed by atoms with Gasteiger partial charge in [0.1, 0.15) is 11.3 Å². The van der Waals surface area contributed by atoms with Crippen LogP contribution in [0.5, 0.6) is 5.75 Å². The van der Waals surface area contributed by atoms with Gasteiger partial charge in [-0.05, 0) is 42.5 Å². The van der Waals surface area contributed by atoms with E-state index >= 15 is 0 Å². The Bertz CT molecular complexity index is 1220. The Morgan fingerprint density at radius 1 is 0.933 bits per heavy atom. The van der Waals surface area contributed by atoms with Crippen LogP contribution in [0.3, 0.4) is 0 Å². The largest absolute Gasteiger partial charge is 0.494 e. The van der Waals surface area contributed by atoms with Crippen molar-refractivity contribution in [3.05, 3.63) is 82.9 Å². The first-order valence-electron chi connectivity index (χ1n) is 8.95. The van der Waals surface area contributed by atoms with Gasteiger partial charge in [-0.15, -0.1) is 0 Å². The fourth-order valence-electron chi connectivity index (χ4n) is 2.84. The molecule has 0 saturated carbocycles. The zero-order valence-electron chi connectivity index (χ0n) is 15.8. The van der Waals surface area contributed by atoms with Gasteiger partial charge in [0.15, 0.2) is 5.13 Å². The van der Waals surface area contributed by atoms with Crippen molar-refractivity contribution in [2.24, 2.45) is 0 Å². The molecule has 4 aromatic rings. The minimum absolute atomic E-state index is 0.245. The van der Waals surface area contributed by atoms with Crippen LogP contribution in [-0.2, 0) is 0 Å². The molecule has 3 aromatic carbocycles. The predicted molar refractivity (Wildman–Crippen MR) is 120 cm³/mol. The number of amides is 2. The molecule has 0 aliphatic carbocycles. The van der Waals surface area contributed by atoms with Gasteiger partial charge in [0, 0.05) is 27.9 Å². The van der Waals surface area contributed by atoms with Gasteiger partial charge in [-0.25, -0.2) is 4.98 Å². The van der Waals surface area contributed by atoms with Gasteiger partial charge in [0.05, 0.1) is 11.8 Å². The number of hydrogen-bond acceptors (Lipinski definition) is 5. The monoisotopic (exact) mass is 437 g/mol. The van der Waals surface area contributed by atoms with Gasteiger partial charge in [-0.3, -0.25) is 14.9 Å². The van der Waals surface area contributed by atoms with Crippen LogP contribution in [0.4, 0.5) is 10.8 Å². The Balaban J connectivity index is 1.59. The second-order valence-corrected chi connectivity index (χ2v) is 7.79. The van der Waals surface area contributed by atoms with Crippen molar-refractivity contribution in [3.8, 4) is 5.75 Å². The number of rotatable bonds is 5. The molecule has 0 unspecified atom stereocenters. The van der Waals surface area contributed by atoms with Crippen LogP contribution in [0.25, 0.3) is 10.2 Å². The Morgan fingerprint density at radius 2 is 1.60 bits per heavy atom. The third-order valence-corrected chi connectivity index (χ3v) is 5.47. The van der Waals surface area contributed by atoms with Crippen LogP contribution in [0.1, 0.15) is 20.7 Å². The Hall–Kier alpha value is -3.42. The van der Waals surface area contributed by atoms with E-state index in [4.69, 9.17) is 16.3 Å². The number of aromatic nitrogens is 1. The number of carbonyl (C=O) groups is 2. The van der Waals surface area contributed by atoms with Crippen molar-refractivity contribution in [3.63, 3.8) is 0 Å². The molecular weight excluding hydrogens is 422 g/mol. The van der Waals surface area contributed by atoms with Crippen LogP contribution < -0.4 is 15.4 Å². The molecule has 6 nitrogen and oxygen atoms in total. The van der Waals surface area contributed by atoms with Gasteiger partial charge in [-0.2, -0.15) is 0 Å². The SMILES string of the molecule is COc1cc(NC(=O)c2ccc(Cl)cc2)cc2sc(NC(=O)c3ccccc3)nc12. The van der Waals surface area contributed by atoms with Crippen molar-refractivity contribution >= 4 is 55.8 Å². The topological polar surface area (TPSA) is 80.3 Å². The number of nitrogens with zero attached hydrogens (tertiary/aromatic N) is 1. The summed E-state index contributed by atoms with van der Waals surface area (Å²) in [6.07, 6.45) is 0. The highest BCUT2D eigenvalue weighted by Crippen LogP contribution is 2.35. The minimum Gasteiger partial charge on any atom is -0.494 e. The molecule has 0 radical (unpaired) electrons. The second-order valence-electron chi connectivity index (χ2n) is 6.33. The third-order valence-electron chi connectivity index (χ3n) is 4.30. The summed E-state index contributed by atoms with van der Waals surface area (Å²) in [6, 6.07) is 19.0. The van der Waals surface area contributed by atoms with E-state index in [0.717, 1.165) is 4.70 Å². The van der Waals surface area contributed by atoms with E-state index < -0.39 is 0 Å². The van der Waals surface area contributed by atoms with E-state index in [0.29, 0.717) is 38.2 Å². The normalized spacial score (nSPS) is 10.6. The second kappa shape index (κ2) is 8.52. The molecule has 1 heterocycles. The number of ether oxygens (including phenoxy) is 1. The summed E-state index contributed by atoms with van der Waals surface area (Å²) in [6.45, 7) is 0. The van der Waals surface area contributed by atoms with E-state index in [-0.39, 0.29) is 11.8 Å². The number of halogens is 1. The lowest BCUT2D eigenvalue weighted by Crippen LogP contribution is -2.11. The lowest BCUT2D eigenvalue weighted by atomic mass is 10.2. The summed E-state index contributed by atoms with van der Waals surface area (Å²) in [5.74, 6) is -0.0181. The molecule has 2 N–H and O–H groups in total. The van der Waals surface area contributed by atoms with Crippen LogP contribution in [0.2, 0.25) is 5.02 Å². The van der Waals surface area contributed by atoms with Gasteiger partial charge in [0.25, 0.3) is 11.8 Å². The summed E-state index contributed by atoms with van der Waals surface area (Å²) < 4.78 is 6.20. The summed E-state index contributed by atoms with van der Waals surface area (Å²) in [5.41, 5.74) is 2.19. The highest BCUT2D eigenvalue weighted by molar-refractivity contribution is 7.22. The summed E-state index contributed by atoms with van der Waals surface area (Å²) >= 11 is 7.17. The molecule has 0 fully saturated rings. The molecule has 0 saturated heterocycles. The number of anilines is 2. The molecule has 8 heteroatoms. The highest BCUT2D eigenvalue weighted by atomic mass is 35.5. The number of carbonyl (C=O) groups excluding carboxylic acids is 2. The first-order valence-corrected chi connectivity index (χ1v) is 10.1.